The van der Waals surface area contributed by atoms with E-state index < -0.39 is 0 Å². The van der Waals surface area contributed by atoms with E-state index in [1.807, 2.05) is 0 Å². The molecule has 12 rings (SSSR count). The van der Waals surface area contributed by atoms with Crippen LogP contribution in [0.15, 0.2) is 200 Å². The molecule has 1 heteroatoms. The first kappa shape index (κ1) is 38.5. The summed E-state index contributed by atoms with van der Waals surface area (Å²) in [4.78, 5) is 2.45. The molecule has 1 nitrogen and oxygen atoms in total. The Labute approximate surface area is 378 Å². The maximum Gasteiger partial charge on any atom is 0.0540 e. The molecule has 64 heavy (non-hydrogen) atoms. The smallest absolute Gasteiger partial charge is 0.0540 e. The van der Waals surface area contributed by atoms with Gasteiger partial charge in [0.2, 0.25) is 0 Å². The lowest BCUT2D eigenvalue weighted by molar-refractivity contribution is 0.660. The monoisotopic (exact) mass is 821 g/mol. The zero-order valence-electron chi connectivity index (χ0n) is 37.5. The van der Waals surface area contributed by atoms with Crippen molar-refractivity contribution in [3.63, 3.8) is 0 Å². The minimum atomic E-state index is -0.0989. The number of anilines is 3. The molecule has 9 aromatic rings. The van der Waals surface area contributed by atoms with Crippen LogP contribution in [0.3, 0.4) is 0 Å². The molecule has 0 saturated heterocycles. The molecule has 0 amide bonds. The molecule has 0 saturated carbocycles. The van der Waals surface area contributed by atoms with Gasteiger partial charge in [0.15, 0.2) is 0 Å². The fraction of sp³-hybridized carbons (Fsp3) is 0.143. The zero-order valence-corrected chi connectivity index (χ0v) is 37.5. The van der Waals surface area contributed by atoms with E-state index in [1.165, 1.54) is 100 Å². The Morgan fingerprint density at radius 3 is 1.23 bits per heavy atom. The fourth-order valence-corrected chi connectivity index (χ4v) is 11.8. The van der Waals surface area contributed by atoms with Gasteiger partial charge in [-0.25, -0.2) is 0 Å². The molecule has 0 atom stereocenters. The van der Waals surface area contributed by atoms with Gasteiger partial charge in [0.25, 0.3) is 0 Å². The summed E-state index contributed by atoms with van der Waals surface area (Å²) in [5.41, 5.74) is 27.0. The maximum absolute atomic E-state index is 2.45. The standard InChI is InChI=1S/C63H51N/c1-61(2)54-22-11-7-17-48(54)51-36-30-42(38-57(51)61)40-26-32-44(33-27-40)64(45-34-28-41(29-35-45)47-20-15-21-53-50-19-9-13-24-56(50)63(5,6)60(47)53)59-25-14-10-16-46(59)43-31-37-52-49-18-8-12-23-55(49)62(3,4)58(52)39-43/h7-39H,1-6H3. The first-order valence-corrected chi connectivity index (χ1v) is 22.8. The van der Waals surface area contributed by atoms with Crippen LogP contribution in [0.1, 0.15) is 74.9 Å². The molecule has 3 aliphatic rings. The van der Waals surface area contributed by atoms with Gasteiger partial charge in [-0.2, -0.15) is 0 Å². The zero-order chi connectivity index (χ0) is 43.5. The predicted octanol–water partition coefficient (Wildman–Crippen LogP) is 17.1. The van der Waals surface area contributed by atoms with Crippen LogP contribution in [0.2, 0.25) is 0 Å². The first-order valence-electron chi connectivity index (χ1n) is 22.8. The molecule has 0 N–H and O–H groups in total. The molecule has 0 aliphatic heterocycles. The van der Waals surface area contributed by atoms with E-state index in [0.29, 0.717) is 0 Å². The summed E-state index contributed by atoms with van der Waals surface area (Å²) < 4.78 is 0. The summed E-state index contributed by atoms with van der Waals surface area (Å²) in [6.45, 7) is 14.2. The fourth-order valence-electron chi connectivity index (χ4n) is 11.8. The van der Waals surface area contributed by atoms with Gasteiger partial charge >= 0.3 is 0 Å². The van der Waals surface area contributed by atoms with E-state index in [-0.39, 0.29) is 16.2 Å². The van der Waals surface area contributed by atoms with Crippen LogP contribution in [-0.4, -0.2) is 0 Å². The van der Waals surface area contributed by atoms with E-state index in [0.717, 1.165) is 17.1 Å². The van der Waals surface area contributed by atoms with Gasteiger partial charge in [-0.15, -0.1) is 0 Å². The highest BCUT2D eigenvalue weighted by atomic mass is 15.1. The number of para-hydroxylation sites is 1. The van der Waals surface area contributed by atoms with Crippen LogP contribution in [0, 0.1) is 0 Å². The Hall–Kier alpha value is -7.22. The van der Waals surface area contributed by atoms with Crippen LogP contribution < -0.4 is 4.90 Å². The Bertz CT molecular complexity index is 3340. The van der Waals surface area contributed by atoms with Gasteiger partial charge in [-0.1, -0.05) is 199 Å². The second-order valence-electron chi connectivity index (χ2n) is 19.7. The van der Waals surface area contributed by atoms with E-state index in [9.17, 15) is 0 Å². The SMILES string of the molecule is CC1(C)c2ccccc2-c2ccc(-c3ccc(N(c4ccc(-c5cccc6c5C(C)(C)c5ccccc5-6)cc4)c4ccccc4-c4ccc5c(c4)C(C)(C)c4ccccc4-5)cc3)cc21. The second kappa shape index (κ2) is 13.9. The van der Waals surface area contributed by atoms with Gasteiger partial charge in [0.1, 0.15) is 0 Å². The summed E-state index contributed by atoms with van der Waals surface area (Å²) in [5, 5.41) is 0. The average molecular weight is 822 g/mol. The predicted molar refractivity (Wildman–Crippen MR) is 270 cm³/mol. The number of benzene rings is 9. The average Bonchev–Trinajstić information content (AvgIpc) is 3.82. The lowest BCUT2D eigenvalue weighted by Gasteiger charge is -2.29. The number of rotatable bonds is 6. The van der Waals surface area contributed by atoms with Gasteiger partial charge in [-0.05, 0) is 137 Å². The highest BCUT2D eigenvalue weighted by molar-refractivity contribution is 5.93. The molecular weight excluding hydrogens is 771 g/mol. The van der Waals surface area contributed by atoms with Gasteiger partial charge in [0, 0.05) is 33.2 Å². The van der Waals surface area contributed by atoms with Crippen LogP contribution >= 0.6 is 0 Å². The number of hydrogen-bond acceptors (Lipinski definition) is 1. The second-order valence-corrected chi connectivity index (χ2v) is 19.7. The van der Waals surface area contributed by atoms with Crippen LogP contribution in [-0.2, 0) is 16.2 Å². The Morgan fingerprint density at radius 1 is 0.266 bits per heavy atom. The van der Waals surface area contributed by atoms with Crippen molar-refractivity contribution in [1.82, 2.24) is 0 Å². The van der Waals surface area contributed by atoms with Crippen LogP contribution in [0.5, 0.6) is 0 Å². The molecule has 0 bridgehead atoms. The summed E-state index contributed by atoms with van der Waals surface area (Å²) in [7, 11) is 0. The van der Waals surface area contributed by atoms with Crippen molar-refractivity contribution < 1.29 is 0 Å². The van der Waals surface area contributed by atoms with Crippen molar-refractivity contribution in [3.8, 4) is 66.8 Å². The Morgan fingerprint density at radius 2 is 0.656 bits per heavy atom. The van der Waals surface area contributed by atoms with Crippen molar-refractivity contribution in [3.05, 3.63) is 234 Å². The van der Waals surface area contributed by atoms with E-state index in [2.05, 4.69) is 247 Å². The number of nitrogens with zero attached hydrogens (tertiary/aromatic N) is 1. The highest BCUT2D eigenvalue weighted by Crippen LogP contribution is 2.54. The lowest BCUT2D eigenvalue weighted by atomic mass is 9.79. The van der Waals surface area contributed by atoms with Gasteiger partial charge < -0.3 is 4.90 Å². The molecule has 0 fully saturated rings. The Kier molecular flexibility index (Phi) is 8.35. The molecule has 0 aromatic heterocycles. The molecule has 0 radical (unpaired) electrons. The topological polar surface area (TPSA) is 3.24 Å². The third-order valence-corrected chi connectivity index (χ3v) is 15.1. The van der Waals surface area contributed by atoms with Gasteiger partial charge in [-0.3, -0.25) is 0 Å². The molecule has 0 unspecified atom stereocenters. The van der Waals surface area contributed by atoms with Crippen molar-refractivity contribution >= 4 is 17.1 Å². The lowest BCUT2D eigenvalue weighted by Crippen LogP contribution is -2.16. The van der Waals surface area contributed by atoms with Crippen LogP contribution in [0.25, 0.3) is 66.8 Å². The summed E-state index contributed by atoms with van der Waals surface area (Å²) >= 11 is 0. The molecular formula is C63H51N. The third kappa shape index (κ3) is 5.56. The quantitative estimate of drug-likeness (QED) is 0.161. The summed E-state index contributed by atoms with van der Waals surface area (Å²) in [6.07, 6.45) is 0. The molecule has 308 valence electrons. The van der Waals surface area contributed by atoms with Crippen molar-refractivity contribution in [2.45, 2.75) is 57.8 Å². The molecule has 3 aliphatic carbocycles. The minimum Gasteiger partial charge on any atom is -0.310 e. The van der Waals surface area contributed by atoms with Crippen molar-refractivity contribution in [1.29, 1.82) is 0 Å². The van der Waals surface area contributed by atoms with E-state index in [1.54, 1.807) is 0 Å². The molecule has 9 aromatic carbocycles. The third-order valence-electron chi connectivity index (χ3n) is 15.1. The summed E-state index contributed by atoms with van der Waals surface area (Å²) in [6, 6.07) is 75.1. The molecule has 0 spiro atoms. The largest absolute Gasteiger partial charge is 0.310 e. The number of fused-ring (bicyclic) bond motifs is 9. The first-order chi connectivity index (χ1) is 31.0. The van der Waals surface area contributed by atoms with Gasteiger partial charge in [0.05, 0.1) is 5.69 Å². The number of hydrogen-bond donors (Lipinski definition) is 0. The van der Waals surface area contributed by atoms with E-state index in [4.69, 9.17) is 0 Å². The summed E-state index contributed by atoms with van der Waals surface area (Å²) in [5.74, 6) is 0. The maximum atomic E-state index is 2.45. The van der Waals surface area contributed by atoms with Crippen molar-refractivity contribution in [2.24, 2.45) is 0 Å². The Balaban J connectivity index is 0.973. The molecule has 0 heterocycles. The van der Waals surface area contributed by atoms with Crippen LogP contribution in [0.4, 0.5) is 17.1 Å². The van der Waals surface area contributed by atoms with E-state index >= 15 is 0 Å². The van der Waals surface area contributed by atoms with Crippen molar-refractivity contribution in [2.75, 3.05) is 4.90 Å². The normalized spacial score (nSPS) is 15.1. The minimum absolute atomic E-state index is 0.0519. The highest BCUT2D eigenvalue weighted by Gasteiger charge is 2.39.